The topological polar surface area (TPSA) is 80.4 Å². The maximum atomic E-state index is 14.1. The van der Waals surface area contributed by atoms with E-state index in [0.29, 0.717) is 54.7 Å². The van der Waals surface area contributed by atoms with Gasteiger partial charge in [-0.05, 0) is 48.9 Å². The molecule has 35 heavy (non-hydrogen) atoms. The van der Waals surface area contributed by atoms with Gasteiger partial charge >= 0.3 is 0 Å². The number of nitrogens with one attached hydrogen (secondary N) is 2. The molecule has 3 aromatic carbocycles. The lowest BCUT2D eigenvalue weighted by Gasteiger charge is -2.22. The Morgan fingerprint density at radius 1 is 1.11 bits per heavy atom. The van der Waals surface area contributed by atoms with Gasteiger partial charge in [0, 0.05) is 67.0 Å². The van der Waals surface area contributed by atoms with E-state index in [9.17, 15) is 13.4 Å². The van der Waals surface area contributed by atoms with Gasteiger partial charge in [0.1, 0.15) is 23.4 Å². The van der Waals surface area contributed by atoms with Crippen LogP contribution in [-0.2, 0) is 10.8 Å². The first-order valence-corrected chi connectivity index (χ1v) is 12.6. The van der Waals surface area contributed by atoms with Crippen LogP contribution in [0.3, 0.4) is 0 Å². The van der Waals surface area contributed by atoms with Gasteiger partial charge in [0.05, 0.1) is 14.2 Å². The first-order chi connectivity index (χ1) is 16.7. The number of carbonyl (C=O) groups excluding carboxylic acids is 1. The number of aromatic nitrogens is 1. The van der Waals surface area contributed by atoms with Crippen molar-refractivity contribution in [1.82, 2.24) is 4.98 Å². The molecule has 0 aliphatic carbocycles. The van der Waals surface area contributed by atoms with Crippen molar-refractivity contribution in [2.45, 2.75) is 17.9 Å². The molecule has 4 rings (SSSR count). The van der Waals surface area contributed by atoms with Crippen LogP contribution in [0.25, 0.3) is 10.9 Å². The molecule has 0 bridgehead atoms. The fraction of sp³-hybridized carbons (Fsp3) is 0.192. The Morgan fingerprint density at radius 2 is 1.89 bits per heavy atom. The third-order valence-corrected chi connectivity index (χ3v) is 6.89. The van der Waals surface area contributed by atoms with Gasteiger partial charge in [-0.3, -0.25) is 9.00 Å². The average Bonchev–Trinajstić information content (AvgIpc) is 3.24. The third kappa shape index (κ3) is 5.04. The average molecular weight is 515 g/mol. The summed E-state index contributed by atoms with van der Waals surface area (Å²) in [5.74, 6) is 0.286. The van der Waals surface area contributed by atoms with Crippen LogP contribution in [0.2, 0.25) is 5.02 Å². The first kappa shape index (κ1) is 24.8. The minimum atomic E-state index is -1.27. The standard InChI is InChI=1S/C26H24ClFN2O4S/c1-14-7-20-21(13-29-23(20)12-22(14)28)26(31)25(19-6-5-15(27)8-24(19)34-3)30-16-9-17(33-2)11-18(10-16)35(4)32/h5-13,25,29-30H,1-4H3. The van der Waals surface area contributed by atoms with E-state index in [1.165, 1.54) is 20.3 Å². The van der Waals surface area contributed by atoms with Gasteiger partial charge in [-0.1, -0.05) is 17.7 Å². The fourth-order valence-electron chi connectivity index (χ4n) is 3.92. The molecule has 0 saturated heterocycles. The number of halogens is 2. The van der Waals surface area contributed by atoms with Crippen LogP contribution in [0, 0.1) is 12.7 Å². The molecule has 0 aliphatic heterocycles. The number of ether oxygens (including phenoxy) is 2. The Bertz CT molecular complexity index is 1450. The Hall–Kier alpha value is -3.36. The number of anilines is 1. The van der Waals surface area contributed by atoms with E-state index in [2.05, 4.69) is 10.3 Å². The molecule has 1 aromatic heterocycles. The maximum Gasteiger partial charge on any atom is 0.191 e. The minimum Gasteiger partial charge on any atom is -0.497 e. The molecule has 0 radical (unpaired) electrons. The monoisotopic (exact) mass is 514 g/mol. The highest BCUT2D eigenvalue weighted by Gasteiger charge is 2.28. The Morgan fingerprint density at radius 3 is 2.57 bits per heavy atom. The molecule has 2 N–H and O–H groups in total. The number of Topliss-reactive ketones (excluding diaryl/α,β-unsaturated/α-hetero) is 1. The molecule has 0 amide bonds. The van der Waals surface area contributed by atoms with Crippen molar-refractivity contribution < 1.29 is 22.9 Å². The molecule has 0 aliphatic rings. The van der Waals surface area contributed by atoms with Crippen molar-refractivity contribution >= 4 is 44.8 Å². The molecule has 0 spiro atoms. The molecule has 9 heteroatoms. The molecule has 2 atom stereocenters. The second-order valence-corrected chi connectivity index (χ2v) is 9.84. The molecule has 2 unspecified atom stereocenters. The van der Waals surface area contributed by atoms with Crippen molar-refractivity contribution in [3.63, 3.8) is 0 Å². The summed E-state index contributed by atoms with van der Waals surface area (Å²) in [4.78, 5) is 17.5. The van der Waals surface area contributed by atoms with E-state index in [1.54, 1.807) is 61.8 Å². The molecule has 1 heterocycles. The van der Waals surface area contributed by atoms with E-state index < -0.39 is 16.8 Å². The zero-order chi connectivity index (χ0) is 25.3. The van der Waals surface area contributed by atoms with Crippen LogP contribution in [0.5, 0.6) is 11.5 Å². The number of benzene rings is 3. The van der Waals surface area contributed by atoms with E-state index in [-0.39, 0.29) is 11.6 Å². The van der Waals surface area contributed by atoms with E-state index in [0.717, 1.165) is 0 Å². The lowest BCUT2D eigenvalue weighted by molar-refractivity contribution is 0.0970. The van der Waals surface area contributed by atoms with Crippen LogP contribution < -0.4 is 14.8 Å². The normalized spacial score (nSPS) is 12.9. The number of rotatable bonds is 8. The summed E-state index contributed by atoms with van der Waals surface area (Å²) in [5.41, 5.74) is 2.43. The summed E-state index contributed by atoms with van der Waals surface area (Å²) >= 11 is 6.17. The number of methoxy groups -OCH3 is 2. The minimum absolute atomic E-state index is 0.273. The number of carbonyl (C=O) groups is 1. The molecule has 6 nitrogen and oxygen atoms in total. The van der Waals surface area contributed by atoms with Crippen LogP contribution in [0.15, 0.2) is 59.6 Å². The number of fused-ring (bicyclic) bond motifs is 1. The maximum absolute atomic E-state index is 14.1. The number of hydrogen-bond acceptors (Lipinski definition) is 5. The van der Waals surface area contributed by atoms with Gasteiger partial charge in [0.2, 0.25) is 0 Å². The highest BCUT2D eigenvalue weighted by molar-refractivity contribution is 7.84. The SMILES string of the molecule is COc1cc(NC(C(=O)c2c[nH]c3cc(F)c(C)cc23)c2ccc(Cl)cc2OC)cc(S(C)=O)c1. The van der Waals surface area contributed by atoms with Crippen LogP contribution in [0.1, 0.15) is 27.5 Å². The van der Waals surface area contributed by atoms with Crippen molar-refractivity contribution in [1.29, 1.82) is 0 Å². The van der Waals surface area contributed by atoms with Crippen LogP contribution >= 0.6 is 11.6 Å². The number of hydrogen-bond donors (Lipinski definition) is 2. The van der Waals surface area contributed by atoms with Gasteiger partial charge in [-0.25, -0.2) is 4.39 Å². The van der Waals surface area contributed by atoms with E-state index >= 15 is 0 Å². The number of ketones is 1. The van der Waals surface area contributed by atoms with Gasteiger partial charge in [0.25, 0.3) is 0 Å². The van der Waals surface area contributed by atoms with Gasteiger partial charge in [0.15, 0.2) is 5.78 Å². The molecular formula is C26H24ClFN2O4S. The quantitative estimate of drug-likeness (QED) is 0.279. The number of H-pyrrole nitrogens is 1. The summed E-state index contributed by atoms with van der Waals surface area (Å²) in [6.07, 6.45) is 3.14. The molecule has 0 fully saturated rings. The van der Waals surface area contributed by atoms with Gasteiger partial charge < -0.3 is 19.8 Å². The Kier molecular flexibility index (Phi) is 7.14. The Balaban J connectivity index is 1.87. The van der Waals surface area contributed by atoms with Crippen molar-refractivity contribution in [3.05, 3.63) is 82.3 Å². The van der Waals surface area contributed by atoms with Crippen LogP contribution in [0.4, 0.5) is 10.1 Å². The van der Waals surface area contributed by atoms with E-state index in [4.69, 9.17) is 21.1 Å². The summed E-state index contributed by atoms with van der Waals surface area (Å²) in [5, 5.41) is 4.33. The number of aromatic amines is 1. The van der Waals surface area contributed by atoms with Crippen LogP contribution in [-0.4, -0.2) is 35.5 Å². The third-order valence-electron chi connectivity index (χ3n) is 5.75. The number of aryl methyl sites for hydroxylation is 1. The fourth-order valence-corrected chi connectivity index (χ4v) is 4.66. The first-order valence-electron chi connectivity index (χ1n) is 10.7. The highest BCUT2D eigenvalue weighted by atomic mass is 35.5. The summed E-state index contributed by atoms with van der Waals surface area (Å²) < 4.78 is 37.2. The lowest BCUT2D eigenvalue weighted by atomic mass is 9.95. The largest absolute Gasteiger partial charge is 0.497 e. The smallest absolute Gasteiger partial charge is 0.191 e. The Labute approximate surface area is 209 Å². The van der Waals surface area contributed by atoms with Gasteiger partial charge in [-0.15, -0.1) is 0 Å². The zero-order valence-corrected chi connectivity index (χ0v) is 21.1. The highest BCUT2D eigenvalue weighted by Crippen LogP contribution is 2.36. The van der Waals surface area contributed by atoms with Crippen molar-refractivity contribution in [2.75, 3.05) is 25.8 Å². The molecular weight excluding hydrogens is 491 g/mol. The predicted octanol–water partition coefficient (Wildman–Crippen LogP) is 6.06. The molecule has 4 aromatic rings. The summed E-state index contributed by atoms with van der Waals surface area (Å²) in [6, 6.07) is 12.2. The van der Waals surface area contributed by atoms with Gasteiger partial charge in [-0.2, -0.15) is 0 Å². The van der Waals surface area contributed by atoms with Crippen molar-refractivity contribution in [2.24, 2.45) is 0 Å². The van der Waals surface area contributed by atoms with E-state index in [1.807, 2.05) is 0 Å². The molecule has 0 saturated carbocycles. The second kappa shape index (κ2) is 10.1. The van der Waals surface area contributed by atoms with Crippen molar-refractivity contribution in [3.8, 4) is 11.5 Å². The lowest BCUT2D eigenvalue weighted by Crippen LogP contribution is -2.22. The second-order valence-electron chi connectivity index (χ2n) is 8.03. The molecule has 182 valence electrons. The predicted molar refractivity (Wildman–Crippen MR) is 137 cm³/mol. The summed E-state index contributed by atoms with van der Waals surface area (Å²) in [6.45, 7) is 1.65. The zero-order valence-electron chi connectivity index (χ0n) is 19.6. The summed E-state index contributed by atoms with van der Waals surface area (Å²) in [7, 11) is 1.74.